The van der Waals surface area contributed by atoms with E-state index in [0.29, 0.717) is 6.04 Å². The zero-order valence-corrected chi connectivity index (χ0v) is 13.4. The lowest BCUT2D eigenvalue weighted by Gasteiger charge is -2.26. The first kappa shape index (κ1) is 13.9. The number of nitrogens with one attached hydrogen (secondary N) is 1. The van der Waals surface area contributed by atoms with Crippen molar-refractivity contribution < 1.29 is 0 Å². The predicted molar refractivity (Wildman–Crippen MR) is 83.6 cm³/mol. The van der Waals surface area contributed by atoms with E-state index in [4.69, 9.17) is 11.6 Å². The van der Waals surface area contributed by atoms with Gasteiger partial charge in [-0.25, -0.2) is 0 Å². The molecule has 1 heterocycles. The lowest BCUT2D eigenvalue weighted by atomic mass is 10.1. The average Bonchev–Trinajstić information content (AvgIpc) is 3.12. The van der Waals surface area contributed by atoms with Gasteiger partial charge in [0.05, 0.1) is 0 Å². The number of rotatable bonds is 5. The highest BCUT2D eigenvalue weighted by Gasteiger charge is 2.31. The van der Waals surface area contributed by atoms with Crippen molar-refractivity contribution in [3.05, 3.63) is 33.3 Å². The highest BCUT2D eigenvalue weighted by atomic mass is 79.9. The molecule has 0 spiro atoms. The minimum atomic E-state index is 0.679. The van der Waals surface area contributed by atoms with Crippen LogP contribution in [0.5, 0.6) is 0 Å². The van der Waals surface area contributed by atoms with Gasteiger partial charge in [0.2, 0.25) is 0 Å². The summed E-state index contributed by atoms with van der Waals surface area (Å²) in [5.41, 5.74) is 1.30. The van der Waals surface area contributed by atoms with Crippen LogP contribution in [-0.2, 0) is 6.54 Å². The second-order valence-corrected chi connectivity index (χ2v) is 6.98. The van der Waals surface area contributed by atoms with Crippen molar-refractivity contribution in [2.24, 2.45) is 0 Å². The van der Waals surface area contributed by atoms with Crippen molar-refractivity contribution in [3.8, 4) is 0 Å². The van der Waals surface area contributed by atoms with Gasteiger partial charge in [-0.15, -0.1) is 0 Å². The molecule has 19 heavy (non-hydrogen) atoms. The predicted octanol–water partition coefficient (Wildman–Crippen LogP) is 3.82. The quantitative estimate of drug-likeness (QED) is 0.874. The number of nitrogens with zero attached hydrogens (tertiary/aromatic N) is 1. The van der Waals surface area contributed by atoms with Gasteiger partial charge in [0.25, 0.3) is 0 Å². The first-order chi connectivity index (χ1) is 9.22. The third-order valence-corrected chi connectivity index (χ3v) is 5.07. The van der Waals surface area contributed by atoms with Crippen LogP contribution >= 0.6 is 27.5 Å². The van der Waals surface area contributed by atoms with Crippen LogP contribution in [0.15, 0.2) is 22.7 Å². The van der Waals surface area contributed by atoms with Gasteiger partial charge in [0, 0.05) is 34.7 Å². The van der Waals surface area contributed by atoms with Crippen LogP contribution in [-0.4, -0.2) is 30.1 Å². The van der Waals surface area contributed by atoms with Gasteiger partial charge in [0.15, 0.2) is 0 Å². The van der Waals surface area contributed by atoms with E-state index in [0.717, 1.165) is 17.6 Å². The molecule has 1 unspecified atom stereocenters. The monoisotopic (exact) mass is 342 g/mol. The highest BCUT2D eigenvalue weighted by Crippen LogP contribution is 2.31. The summed E-state index contributed by atoms with van der Waals surface area (Å²) in [5, 5.41) is 4.43. The van der Waals surface area contributed by atoms with Crippen molar-refractivity contribution in [2.75, 3.05) is 13.1 Å². The van der Waals surface area contributed by atoms with Crippen molar-refractivity contribution in [2.45, 2.75) is 44.3 Å². The maximum atomic E-state index is 6.11. The van der Waals surface area contributed by atoms with Crippen LogP contribution in [0.1, 0.15) is 31.2 Å². The molecule has 4 heteroatoms. The van der Waals surface area contributed by atoms with Gasteiger partial charge in [-0.05, 0) is 56.0 Å². The van der Waals surface area contributed by atoms with Crippen LogP contribution in [0.4, 0.5) is 0 Å². The first-order valence-electron chi connectivity index (χ1n) is 7.14. The summed E-state index contributed by atoms with van der Waals surface area (Å²) in [5.74, 6) is 0. The summed E-state index contributed by atoms with van der Waals surface area (Å²) in [6.07, 6.45) is 5.35. The number of hydrogen-bond acceptors (Lipinski definition) is 2. The van der Waals surface area contributed by atoms with E-state index in [9.17, 15) is 0 Å². The van der Waals surface area contributed by atoms with Crippen molar-refractivity contribution in [1.29, 1.82) is 0 Å². The molecule has 1 aromatic carbocycles. The van der Waals surface area contributed by atoms with E-state index in [1.165, 1.54) is 48.8 Å². The molecule has 0 bridgehead atoms. The summed E-state index contributed by atoms with van der Waals surface area (Å²) in [7, 11) is 0. The zero-order chi connectivity index (χ0) is 13.2. The summed E-state index contributed by atoms with van der Waals surface area (Å²) in [6, 6.07) is 7.54. The number of benzene rings is 1. The van der Waals surface area contributed by atoms with E-state index < -0.39 is 0 Å². The maximum Gasteiger partial charge on any atom is 0.0410 e. The van der Waals surface area contributed by atoms with Crippen LogP contribution in [0.3, 0.4) is 0 Å². The topological polar surface area (TPSA) is 15.3 Å². The van der Waals surface area contributed by atoms with Crippen molar-refractivity contribution >= 4 is 27.5 Å². The Balaban J connectivity index is 1.68. The molecule has 1 N–H and O–H groups in total. The van der Waals surface area contributed by atoms with E-state index in [2.05, 4.69) is 38.3 Å². The standard InChI is InChI=1S/C15H20BrClN2/c16-15-6-3-12(17)8-11(15)9-19(14-4-5-14)10-13-2-1-7-18-13/h3,6,8,13-14,18H,1-2,4-5,7,9-10H2. The van der Waals surface area contributed by atoms with Gasteiger partial charge in [-0.2, -0.15) is 0 Å². The average molecular weight is 344 g/mol. The van der Waals surface area contributed by atoms with Gasteiger partial charge >= 0.3 is 0 Å². The molecule has 1 saturated carbocycles. The molecule has 1 aliphatic carbocycles. The van der Waals surface area contributed by atoms with E-state index in [1.807, 2.05) is 6.07 Å². The normalized spacial score (nSPS) is 23.2. The van der Waals surface area contributed by atoms with Crippen molar-refractivity contribution in [3.63, 3.8) is 0 Å². The molecule has 1 saturated heterocycles. The fourth-order valence-electron chi connectivity index (χ4n) is 2.86. The molecule has 2 nitrogen and oxygen atoms in total. The Bertz CT molecular complexity index is 442. The smallest absolute Gasteiger partial charge is 0.0410 e. The van der Waals surface area contributed by atoms with E-state index in [1.54, 1.807) is 0 Å². The highest BCUT2D eigenvalue weighted by molar-refractivity contribution is 9.10. The summed E-state index contributed by atoms with van der Waals surface area (Å²) in [4.78, 5) is 2.62. The van der Waals surface area contributed by atoms with E-state index >= 15 is 0 Å². The Hall–Kier alpha value is -0.0900. The van der Waals surface area contributed by atoms with Gasteiger partial charge in [-0.3, -0.25) is 4.90 Å². The number of hydrogen-bond donors (Lipinski definition) is 1. The van der Waals surface area contributed by atoms with Gasteiger partial charge < -0.3 is 5.32 Å². The molecule has 0 aromatic heterocycles. The van der Waals surface area contributed by atoms with Crippen molar-refractivity contribution in [1.82, 2.24) is 10.2 Å². The molecular weight excluding hydrogens is 324 g/mol. The fourth-order valence-corrected chi connectivity index (χ4v) is 3.43. The molecule has 1 atom stereocenters. The molecule has 1 aromatic rings. The van der Waals surface area contributed by atoms with Crippen LogP contribution < -0.4 is 5.32 Å². The molecular formula is C15H20BrClN2. The zero-order valence-electron chi connectivity index (χ0n) is 11.0. The second-order valence-electron chi connectivity index (χ2n) is 5.69. The molecule has 2 fully saturated rings. The van der Waals surface area contributed by atoms with Crippen LogP contribution in [0.2, 0.25) is 5.02 Å². The Morgan fingerprint density at radius 2 is 2.16 bits per heavy atom. The lowest BCUT2D eigenvalue weighted by molar-refractivity contribution is 0.231. The molecule has 0 radical (unpaired) electrons. The van der Waals surface area contributed by atoms with Gasteiger partial charge in [-0.1, -0.05) is 27.5 Å². The van der Waals surface area contributed by atoms with Crippen LogP contribution in [0, 0.1) is 0 Å². The largest absolute Gasteiger partial charge is 0.313 e. The third kappa shape index (κ3) is 3.72. The summed E-state index contributed by atoms with van der Waals surface area (Å²) in [6.45, 7) is 3.36. The Labute approximate surface area is 128 Å². The van der Waals surface area contributed by atoms with E-state index in [-0.39, 0.29) is 0 Å². The Kier molecular flexibility index (Phi) is 4.47. The molecule has 2 aliphatic rings. The van der Waals surface area contributed by atoms with Gasteiger partial charge in [0.1, 0.15) is 0 Å². The molecule has 1 aliphatic heterocycles. The minimum absolute atomic E-state index is 0.679. The summed E-state index contributed by atoms with van der Waals surface area (Å²) < 4.78 is 1.17. The SMILES string of the molecule is Clc1ccc(Br)c(CN(CC2CCCN2)C2CC2)c1. The lowest BCUT2D eigenvalue weighted by Crippen LogP contribution is -2.38. The van der Waals surface area contributed by atoms with Crippen LogP contribution in [0.25, 0.3) is 0 Å². The third-order valence-electron chi connectivity index (χ3n) is 4.06. The summed E-state index contributed by atoms with van der Waals surface area (Å²) >= 11 is 9.75. The molecule has 3 rings (SSSR count). The maximum absolute atomic E-state index is 6.11. The Morgan fingerprint density at radius 3 is 2.84 bits per heavy atom. The molecule has 0 amide bonds. The Morgan fingerprint density at radius 1 is 1.32 bits per heavy atom. The fraction of sp³-hybridized carbons (Fsp3) is 0.600. The number of halogens is 2. The minimum Gasteiger partial charge on any atom is -0.313 e. The first-order valence-corrected chi connectivity index (χ1v) is 8.31. The molecule has 104 valence electrons. The second kappa shape index (κ2) is 6.13.